The van der Waals surface area contributed by atoms with Gasteiger partial charge in [-0.2, -0.15) is 10.2 Å². The highest BCUT2D eigenvalue weighted by molar-refractivity contribution is 5.79. The second-order valence-electron chi connectivity index (χ2n) is 6.42. The lowest BCUT2D eigenvalue weighted by atomic mass is 10.2. The highest BCUT2D eigenvalue weighted by Crippen LogP contribution is 2.18. The molecule has 0 spiro atoms. The highest BCUT2D eigenvalue weighted by atomic mass is 19.1. The standard InChI is InChI=1S/C19H24FN5O2/c1-3-24-17-12-21-25(19(17)14(2)22-24)9-8-18(27)23(10-11-26)13-15-4-6-16(20)7-5-15/h4-7,12,26H,3,8-11,13H2,1-2H3. The fraction of sp³-hybridized carbons (Fsp3) is 0.421. The van der Waals surface area contributed by atoms with Gasteiger partial charge in [0, 0.05) is 26.1 Å². The monoisotopic (exact) mass is 373 g/mol. The summed E-state index contributed by atoms with van der Waals surface area (Å²) in [5, 5.41) is 18.2. The van der Waals surface area contributed by atoms with E-state index in [2.05, 4.69) is 10.2 Å². The quantitative estimate of drug-likeness (QED) is 0.656. The second-order valence-corrected chi connectivity index (χ2v) is 6.42. The second kappa shape index (κ2) is 8.30. The van der Waals surface area contributed by atoms with E-state index >= 15 is 0 Å². The van der Waals surface area contributed by atoms with E-state index in [1.165, 1.54) is 12.1 Å². The Labute approximate surface area is 157 Å². The van der Waals surface area contributed by atoms with Crippen LogP contribution < -0.4 is 0 Å². The molecule has 27 heavy (non-hydrogen) atoms. The summed E-state index contributed by atoms with van der Waals surface area (Å²) < 4.78 is 16.8. The van der Waals surface area contributed by atoms with Gasteiger partial charge >= 0.3 is 0 Å². The molecule has 0 fully saturated rings. The molecule has 0 radical (unpaired) electrons. The van der Waals surface area contributed by atoms with Gasteiger partial charge in [-0.3, -0.25) is 14.2 Å². The lowest BCUT2D eigenvalue weighted by Crippen LogP contribution is -2.33. The molecule has 0 aliphatic carbocycles. The first-order valence-electron chi connectivity index (χ1n) is 9.05. The first kappa shape index (κ1) is 19.0. The van der Waals surface area contributed by atoms with E-state index in [9.17, 15) is 14.3 Å². The summed E-state index contributed by atoms with van der Waals surface area (Å²) in [4.78, 5) is 14.2. The van der Waals surface area contributed by atoms with Crippen molar-refractivity contribution in [3.05, 3.63) is 47.5 Å². The predicted molar refractivity (Wildman–Crippen MR) is 99.4 cm³/mol. The molecule has 0 aliphatic heterocycles. The van der Waals surface area contributed by atoms with Crippen LogP contribution in [0.2, 0.25) is 0 Å². The zero-order chi connectivity index (χ0) is 19.4. The molecule has 1 amide bonds. The number of halogens is 1. The molecule has 8 heteroatoms. The summed E-state index contributed by atoms with van der Waals surface area (Å²) >= 11 is 0. The van der Waals surface area contributed by atoms with Crippen molar-refractivity contribution >= 4 is 16.9 Å². The summed E-state index contributed by atoms with van der Waals surface area (Å²) in [6.07, 6.45) is 2.03. The number of nitrogens with zero attached hydrogens (tertiary/aromatic N) is 5. The number of amides is 1. The molecule has 0 bridgehead atoms. The van der Waals surface area contributed by atoms with Gasteiger partial charge in [-0.1, -0.05) is 12.1 Å². The molecule has 3 aromatic rings. The molecule has 0 aliphatic rings. The van der Waals surface area contributed by atoms with Gasteiger partial charge in [-0.25, -0.2) is 4.39 Å². The lowest BCUT2D eigenvalue weighted by molar-refractivity contribution is -0.132. The molecule has 0 atom stereocenters. The van der Waals surface area contributed by atoms with Gasteiger partial charge in [0.25, 0.3) is 0 Å². The lowest BCUT2D eigenvalue weighted by Gasteiger charge is -2.22. The van der Waals surface area contributed by atoms with Crippen LogP contribution in [0.4, 0.5) is 4.39 Å². The Kier molecular flexibility index (Phi) is 5.85. The number of benzene rings is 1. The fourth-order valence-electron chi connectivity index (χ4n) is 3.21. The molecule has 2 heterocycles. The normalized spacial score (nSPS) is 11.3. The summed E-state index contributed by atoms with van der Waals surface area (Å²) in [6, 6.07) is 6.02. The smallest absolute Gasteiger partial charge is 0.224 e. The van der Waals surface area contributed by atoms with Gasteiger partial charge in [-0.05, 0) is 31.5 Å². The SMILES string of the molecule is CCn1nc(C)c2c1cnn2CCC(=O)N(CCO)Cc1ccc(F)cc1. The minimum Gasteiger partial charge on any atom is -0.395 e. The van der Waals surface area contributed by atoms with E-state index in [1.807, 2.05) is 18.5 Å². The maximum atomic E-state index is 13.1. The number of carbonyl (C=O) groups excluding carboxylic acids is 1. The first-order valence-corrected chi connectivity index (χ1v) is 9.05. The van der Waals surface area contributed by atoms with E-state index in [-0.39, 0.29) is 31.3 Å². The Morgan fingerprint density at radius 3 is 2.67 bits per heavy atom. The van der Waals surface area contributed by atoms with Crippen LogP contribution in [0, 0.1) is 12.7 Å². The van der Waals surface area contributed by atoms with Crippen LogP contribution in [-0.4, -0.2) is 48.6 Å². The Bertz CT molecular complexity index is 916. The molecular formula is C19H24FN5O2. The van der Waals surface area contributed by atoms with Crippen molar-refractivity contribution in [3.8, 4) is 0 Å². The zero-order valence-corrected chi connectivity index (χ0v) is 15.6. The van der Waals surface area contributed by atoms with Gasteiger partial charge in [0.2, 0.25) is 5.91 Å². The third-order valence-electron chi connectivity index (χ3n) is 4.56. The maximum absolute atomic E-state index is 13.1. The molecule has 0 saturated carbocycles. The minimum absolute atomic E-state index is 0.0856. The van der Waals surface area contributed by atoms with Gasteiger partial charge in [0.15, 0.2) is 0 Å². The van der Waals surface area contributed by atoms with E-state index in [4.69, 9.17) is 0 Å². The molecule has 7 nitrogen and oxygen atoms in total. The van der Waals surface area contributed by atoms with Crippen molar-refractivity contribution < 1.29 is 14.3 Å². The molecule has 0 unspecified atom stereocenters. The number of aliphatic hydroxyl groups excluding tert-OH is 1. The molecule has 3 rings (SSSR count). The number of aromatic nitrogens is 4. The predicted octanol–water partition coefficient (Wildman–Crippen LogP) is 2.11. The Hall–Kier alpha value is -2.74. The van der Waals surface area contributed by atoms with Crippen LogP contribution in [-0.2, 0) is 24.4 Å². The van der Waals surface area contributed by atoms with Crippen molar-refractivity contribution in [1.29, 1.82) is 0 Å². The van der Waals surface area contributed by atoms with Crippen molar-refractivity contribution in [3.63, 3.8) is 0 Å². The van der Waals surface area contributed by atoms with Crippen LogP contribution in [0.25, 0.3) is 11.0 Å². The summed E-state index contributed by atoms with van der Waals surface area (Å²) in [6.45, 7) is 5.59. The summed E-state index contributed by atoms with van der Waals surface area (Å²) in [7, 11) is 0. The van der Waals surface area contributed by atoms with Crippen LogP contribution >= 0.6 is 0 Å². The van der Waals surface area contributed by atoms with Crippen LogP contribution in [0.3, 0.4) is 0 Å². The molecule has 1 aromatic carbocycles. The van der Waals surface area contributed by atoms with E-state index in [1.54, 1.807) is 27.9 Å². The van der Waals surface area contributed by atoms with Gasteiger partial charge in [-0.15, -0.1) is 0 Å². The summed E-state index contributed by atoms with van der Waals surface area (Å²) in [5.74, 6) is -0.401. The van der Waals surface area contributed by atoms with Crippen molar-refractivity contribution in [1.82, 2.24) is 24.5 Å². The average Bonchev–Trinajstić information content (AvgIpc) is 3.22. The highest BCUT2D eigenvalue weighted by Gasteiger charge is 2.17. The van der Waals surface area contributed by atoms with Crippen LogP contribution in [0.5, 0.6) is 0 Å². The number of hydrogen-bond donors (Lipinski definition) is 1. The van der Waals surface area contributed by atoms with Crippen LogP contribution in [0.1, 0.15) is 24.6 Å². The Balaban J connectivity index is 1.69. The van der Waals surface area contributed by atoms with Crippen molar-refractivity contribution in [2.75, 3.05) is 13.2 Å². The Morgan fingerprint density at radius 1 is 1.26 bits per heavy atom. The van der Waals surface area contributed by atoms with Gasteiger partial charge in [0.05, 0.1) is 25.0 Å². The number of fused-ring (bicyclic) bond motifs is 1. The molecule has 144 valence electrons. The minimum atomic E-state index is -0.315. The number of carbonyl (C=O) groups is 1. The number of aryl methyl sites for hydroxylation is 3. The van der Waals surface area contributed by atoms with Crippen LogP contribution in [0.15, 0.2) is 30.5 Å². The van der Waals surface area contributed by atoms with Gasteiger partial charge in [0.1, 0.15) is 16.9 Å². The van der Waals surface area contributed by atoms with Crippen molar-refractivity contribution in [2.24, 2.45) is 0 Å². The molecular weight excluding hydrogens is 349 g/mol. The van der Waals surface area contributed by atoms with Gasteiger partial charge < -0.3 is 10.0 Å². The largest absolute Gasteiger partial charge is 0.395 e. The topological polar surface area (TPSA) is 76.2 Å². The zero-order valence-electron chi connectivity index (χ0n) is 15.6. The molecule has 2 aromatic heterocycles. The third kappa shape index (κ3) is 4.16. The average molecular weight is 373 g/mol. The van der Waals surface area contributed by atoms with Crippen molar-refractivity contribution in [2.45, 2.75) is 39.9 Å². The maximum Gasteiger partial charge on any atom is 0.224 e. The number of aliphatic hydroxyl groups is 1. The van der Waals surface area contributed by atoms with E-state index < -0.39 is 0 Å². The Morgan fingerprint density at radius 2 is 2.00 bits per heavy atom. The summed E-state index contributed by atoms with van der Waals surface area (Å²) in [5.41, 5.74) is 3.60. The number of rotatable bonds is 8. The van der Waals surface area contributed by atoms with E-state index in [0.717, 1.165) is 28.8 Å². The van der Waals surface area contributed by atoms with E-state index in [0.29, 0.717) is 13.1 Å². The molecule has 0 saturated heterocycles. The number of hydrogen-bond acceptors (Lipinski definition) is 4. The molecule has 1 N–H and O–H groups in total. The first-order chi connectivity index (χ1) is 13.0. The fourth-order valence-corrected chi connectivity index (χ4v) is 3.21. The third-order valence-corrected chi connectivity index (χ3v) is 4.56.